The van der Waals surface area contributed by atoms with E-state index in [4.69, 9.17) is 4.74 Å². The summed E-state index contributed by atoms with van der Waals surface area (Å²) < 4.78 is 18.3. The van der Waals surface area contributed by atoms with Crippen molar-refractivity contribution in [1.29, 1.82) is 0 Å². The van der Waals surface area contributed by atoms with Gasteiger partial charge in [0, 0.05) is 17.5 Å². The monoisotopic (exact) mass is 300 g/mol. The number of hydrogen-bond acceptors (Lipinski definition) is 4. The van der Waals surface area contributed by atoms with E-state index in [1.165, 1.54) is 12.1 Å². The second-order valence-corrected chi connectivity index (χ2v) is 5.05. The topological polar surface area (TPSA) is 34.1 Å². The van der Waals surface area contributed by atoms with Crippen LogP contribution in [0, 0.1) is 5.82 Å². The molecular formula is C13H14ClFN2OS. The van der Waals surface area contributed by atoms with Gasteiger partial charge in [0.2, 0.25) is 0 Å². The van der Waals surface area contributed by atoms with Crippen LogP contribution in [-0.4, -0.2) is 24.7 Å². The van der Waals surface area contributed by atoms with Gasteiger partial charge in [-0.15, -0.1) is 23.7 Å². The van der Waals surface area contributed by atoms with Gasteiger partial charge < -0.3 is 10.1 Å². The number of halogens is 2. The van der Waals surface area contributed by atoms with Gasteiger partial charge >= 0.3 is 0 Å². The number of nitrogens with one attached hydrogen (secondary N) is 1. The largest absolute Gasteiger partial charge is 0.378 e. The summed E-state index contributed by atoms with van der Waals surface area (Å²) in [6.45, 7) is 2.28. The van der Waals surface area contributed by atoms with Crippen LogP contribution in [0.4, 0.5) is 4.39 Å². The molecule has 19 heavy (non-hydrogen) atoms. The molecule has 0 spiro atoms. The summed E-state index contributed by atoms with van der Waals surface area (Å²) in [4.78, 5) is 4.59. The Balaban J connectivity index is 0.00000133. The van der Waals surface area contributed by atoms with E-state index in [0.717, 1.165) is 29.4 Å². The summed E-state index contributed by atoms with van der Waals surface area (Å²) in [5.74, 6) is -0.225. The molecular weight excluding hydrogens is 287 g/mol. The maximum Gasteiger partial charge on any atom is 0.123 e. The lowest BCUT2D eigenvalue weighted by Crippen LogP contribution is -2.34. The van der Waals surface area contributed by atoms with Crippen LogP contribution in [0.15, 0.2) is 29.6 Å². The summed E-state index contributed by atoms with van der Waals surface area (Å²) in [6.07, 6.45) is 0. The summed E-state index contributed by atoms with van der Waals surface area (Å²) in [5, 5.41) is 6.39. The summed E-state index contributed by atoms with van der Waals surface area (Å²) in [5.41, 5.74) is 1.83. The van der Waals surface area contributed by atoms with Crippen LogP contribution in [0.1, 0.15) is 11.0 Å². The van der Waals surface area contributed by atoms with Crippen molar-refractivity contribution in [3.8, 4) is 11.3 Å². The number of nitrogens with zero attached hydrogens (tertiary/aromatic N) is 1. The minimum absolute atomic E-state index is 0. The van der Waals surface area contributed by atoms with E-state index in [2.05, 4.69) is 10.3 Å². The van der Waals surface area contributed by atoms with Crippen LogP contribution >= 0.6 is 23.7 Å². The zero-order chi connectivity index (χ0) is 12.4. The van der Waals surface area contributed by atoms with Gasteiger partial charge in [0.25, 0.3) is 0 Å². The minimum atomic E-state index is -0.225. The highest BCUT2D eigenvalue weighted by molar-refractivity contribution is 7.10. The van der Waals surface area contributed by atoms with Gasteiger partial charge in [-0.2, -0.15) is 0 Å². The Bertz CT molecular complexity index is 526. The number of thiazole rings is 1. The molecule has 6 heteroatoms. The third-order valence-corrected chi connectivity index (χ3v) is 3.84. The Morgan fingerprint density at radius 1 is 1.32 bits per heavy atom. The fourth-order valence-electron chi connectivity index (χ4n) is 1.92. The molecule has 1 N–H and O–H groups in total. The Morgan fingerprint density at radius 2 is 2.11 bits per heavy atom. The van der Waals surface area contributed by atoms with E-state index in [1.54, 1.807) is 23.5 Å². The maximum absolute atomic E-state index is 12.9. The highest BCUT2D eigenvalue weighted by atomic mass is 35.5. The van der Waals surface area contributed by atoms with E-state index in [9.17, 15) is 4.39 Å². The molecule has 0 radical (unpaired) electrons. The number of rotatable bonds is 2. The quantitative estimate of drug-likeness (QED) is 0.926. The van der Waals surface area contributed by atoms with Crippen LogP contribution in [0.5, 0.6) is 0 Å². The van der Waals surface area contributed by atoms with E-state index < -0.39 is 0 Å². The molecule has 0 amide bonds. The lowest BCUT2D eigenvalue weighted by molar-refractivity contribution is 0.0768. The molecule has 1 fully saturated rings. The standard InChI is InChI=1S/C13H13FN2OS.ClH/c14-10-3-1-9(2-4-10)12-8-18-13(16-12)11-7-17-6-5-15-11;/h1-4,8,11,15H,5-7H2;1H. The van der Waals surface area contributed by atoms with Crippen molar-refractivity contribution >= 4 is 23.7 Å². The van der Waals surface area contributed by atoms with E-state index in [0.29, 0.717) is 6.61 Å². The van der Waals surface area contributed by atoms with Crippen molar-refractivity contribution in [3.05, 3.63) is 40.5 Å². The molecule has 1 unspecified atom stereocenters. The Kier molecular flexibility index (Phi) is 4.87. The SMILES string of the molecule is Cl.Fc1ccc(-c2csc(C3COCCN3)n2)cc1. The average Bonchev–Trinajstić information content (AvgIpc) is 2.90. The molecule has 1 atom stereocenters. The molecule has 3 nitrogen and oxygen atoms in total. The zero-order valence-electron chi connectivity index (χ0n) is 10.1. The molecule has 1 aliphatic rings. The van der Waals surface area contributed by atoms with Crippen molar-refractivity contribution < 1.29 is 9.13 Å². The molecule has 1 aromatic heterocycles. The van der Waals surface area contributed by atoms with Gasteiger partial charge in [-0.1, -0.05) is 0 Å². The predicted molar refractivity (Wildman–Crippen MR) is 76.3 cm³/mol. The fraction of sp³-hybridized carbons (Fsp3) is 0.308. The molecule has 0 aliphatic carbocycles. The van der Waals surface area contributed by atoms with Crippen LogP contribution in [0.3, 0.4) is 0 Å². The van der Waals surface area contributed by atoms with Crippen LogP contribution < -0.4 is 5.32 Å². The Hall–Kier alpha value is -1.01. The number of aromatic nitrogens is 1. The molecule has 1 aromatic carbocycles. The highest BCUT2D eigenvalue weighted by Gasteiger charge is 2.18. The van der Waals surface area contributed by atoms with Gasteiger partial charge in [-0.25, -0.2) is 9.37 Å². The molecule has 102 valence electrons. The lowest BCUT2D eigenvalue weighted by Gasteiger charge is -2.21. The minimum Gasteiger partial charge on any atom is -0.378 e. The number of hydrogen-bond donors (Lipinski definition) is 1. The van der Waals surface area contributed by atoms with Gasteiger partial charge in [-0.05, 0) is 24.3 Å². The van der Waals surface area contributed by atoms with Crippen molar-refractivity contribution in [3.63, 3.8) is 0 Å². The van der Waals surface area contributed by atoms with Gasteiger partial charge in [0.15, 0.2) is 0 Å². The fourth-order valence-corrected chi connectivity index (χ4v) is 2.81. The molecule has 2 heterocycles. The van der Waals surface area contributed by atoms with Crippen molar-refractivity contribution in [1.82, 2.24) is 10.3 Å². The Labute approximate surface area is 121 Å². The maximum atomic E-state index is 12.9. The van der Waals surface area contributed by atoms with Crippen LogP contribution in [-0.2, 0) is 4.74 Å². The number of morpholine rings is 1. The van der Waals surface area contributed by atoms with Gasteiger partial charge in [0.05, 0.1) is 24.9 Å². The normalized spacial score (nSPS) is 18.9. The average molecular weight is 301 g/mol. The first-order valence-electron chi connectivity index (χ1n) is 5.85. The summed E-state index contributed by atoms with van der Waals surface area (Å²) >= 11 is 1.61. The van der Waals surface area contributed by atoms with Crippen molar-refractivity contribution in [2.45, 2.75) is 6.04 Å². The smallest absolute Gasteiger partial charge is 0.123 e. The first-order chi connectivity index (χ1) is 8.83. The molecule has 2 aromatic rings. The van der Waals surface area contributed by atoms with Crippen molar-refractivity contribution in [2.75, 3.05) is 19.8 Å². The van der Waals surface area contributed by atoms with Gasteiger partial charge in [-0.3, -0.25) is 0 Å². The summed E-state index contributed by atoms with van der Waals surface area (Å²) in [7, 11) is 0. The first kappa shape index (κ1) is 14.4. The molecule has 3 rings (SSSR count). The molecule has 0 saturated carbocycles. The third-order valence-electron chi connectivity index (χ3n) is 2.88. The highest BCUT2D eigenvalue weighted by Crippen LogP contribution is 2.26. The third kappa shape index (κ3) is 3.30. The van der Waals surface area contributed by atoms with Crippen LogP contribution in [0.2, 0.25) is 0 Å². The van der Waals surface area contributed by atoms with E-state index in [-0.39, 0.29) is 24.3 Å². The van der Waals surface area contributed by atoms with Gasteiger partial charge in [0.1, 0.15) is 10.8 Å². The van der Waals surface area contributed by atoms with E-state index >= 15 is 0 Å². The lowest BCUT2D eigenvalue weighted by atomic mass is 10.2. The summed E-state index contributed by atoms with van der Waals surface area (Å²) in [6, 6.07) is 6.59. The second-order valence-electron chi connectivity index (χ2n) is 4.16. The van der Waals surface area contributed by atoms with Crippen LogP contribution in [0.25, 0.3) is 11.3 Å². The first-order valence-corrected chi connectivity index (χ1v) is 6.73. The number of ether oxygens (including phenoxy) is 1. The van der Waals surface area contributed by atoms with E-state index in [1.807, 2.05) is 5.38 Å². The Morgan fingerprint density at radius 3 is 2.79 bits per heavy atom. The number of benzene rings is 1. The zero-order valence-corrected chi connectivity index (χ0v) is 11.8. The predicted octanol–water partition coefficient (Wildman–Crippen LogP) is 3.03. The molecule has 0 bridgehead atoms. The molecule has 1 saturated heterocycles. The van der Waals surface area contributed by atoms with Crippen molar-refractivity contribution in [2.24, 2.45) is 0 Å². The second kappa shape index (κ2) is 6.43. The molecule has 1 aliphatic heterocycles.